The van der Waals surface area contributed by atoms with Gasteiger partial charge in [0.2, 0.25) is 0 Å². The van der Waals surface area contributed by atoms with Crippen molar-refractivity contribution in [1.82, 2.24) is 0 Å². The topological polar surface area (TPSA) is 23.8 Å². The van der Waals surface area contributed by atoms with Gasteiger partial charge in [-0.1, -0.05) is 0 Å². The first-order valence-electron chi connectivity index (χ1n) is 1.92. The quantitative estimate of drug-likeness (QED) is 0.536. The summed E-state index contributed by atoms with van der Waals surface area (Å²) in [6.07, 6.45) is 1.01. The summed E-state index contributed by atoms with van der Waals surface area (Å²) < 4.78 is 0. The van der Waals surface area contributed by atoms with Crippen molar-refractivity contribution in [3.63, 3.8) is 0 Å². The van der Waals surface area contributed by atoms with E-state index in [2.05, 4.69) is 0 Å². The van der Waals surface area contributed by atoms with Crippen molar-refractivity contribution in [1.29, 1.82) is 5.26 Å². The van der Waals surface area contributed by atoms with Crippen molar-refractivity contribution in [3.8, 4) is 6.07 Å². The average molecular weight is 138 g/mol. The van der Waals surface area contributed by atoms with Gasteiger partial charge in [-0.2, -0.15) is 5.26 Å². The van der Waals surface area contributed by atoms with Crippen LogP contribution in [0.4, 0.5) is 0 Å². The smallest absolute Gasteiger partial charge is 0.108 e. The standard InChI is InChI=1S/C4H5Cl2N/c5-4(6)2-1-3-7/h4H,1-2H2. The fourth-order valence-electron chi connectivity index (χ4n) is 0.174. The second kappa shape index (κ2) is 4.23. The molecule has 0 saturated heterocycles. The molecule has 0 aromatic heterocycles. The van der Waals surface area contributed by atoms with Crippen molar-refractivity contribution >= 4 is 23.2 Å². The number of nitrogens with zero attached hydrogens (tertiary/aromatic N) is 1. The van der Waals surface area contributed by atoms with Gasteiger partial charge in [0.05, 0.1) is 6.07 Å². The Morgan fingerprint density at radius 3 is 2.29 bits per heavy atom. The fourth-order valence-corrected chi connectivity index (χ4v) is 0.392. The molecule has 0 saturated carbocycles. The summed E-state index contributed by atoms with van der Waals surface area (Å²) in [4.78, 5) is -0.375. The predicted octanol–water partition coefficient (Wildman–Crippen LogP) is 2.09. The van der Waals surface area contributed by atoms with Gasteiger partial charge in [0.15, 0.2) is 0 Å². The Hall–Kier alpha value is 0.0700. The zero-order valence-electron chi connectivity index (χ0n) is 3.69. The Bertz CT molecular complexity index is 74.2. The molecule has 0 atom stereocenters. The van der Waals surface area contributed by atoms with Crippen LogP contribution in [0.2, 0.25) is 0 Å². The Labute approximate surface area is 52.8 Å². The predicted molar refractivity (Wildman–Crippen MR) is 30.3 cm³/mol. The van der Waals surface area contributed by atoms with Gasteiger partial charge in [0.1, 0.15) is 4.84 Å². The molecule has 3 heteroatoms. The molecule has 0 aliphatic rings. The molecule has 7 heavy (non-hydrogen) atoms. The normalized spacial score (nSPS) is 8.86. The maximum atomic E-state index is 7.95. The largest absolute Gasteiger partial charge is 0.198 e. The minimum Gasteiger partial charge on any atom is -0.198 e. The molecule has 0 N–H and O–H groups in total. The number of hydrogen-bond acceptors (Lipinski definition) is 1. The lowest BCUT2D eigenvalue weighted by atomic mass is 10.4. The van der Waals surface area contributed by atoms with Crippen LogP contribution in [-0.2, 0) is 0 Å². The second-order valence-electron chi connectivity index (χ2n) is 1.09. The molecule has 1 nitrogen and oxygen atoms in total. The lowest BCUT2D eigenvalue weighted by Crippen LogP contribution is -1.82. The zero-order valence-corrected chi connectivity index (χ0v) is 5.21. The fraction of sp³-hybridized carbons (Fsp3) is 0.750. The summed E-state index contributed by atoms with van der Waals surface area (Å²) in [6.45, 7) is 0. The molecule has 0 spiro atoms. The molecule has 40 valence electrons. The molecule has 0 aromatic rings. The number of nitriles is 1. The van der Waals surface area contributed by atoms with Crippen LogP contribution in [0.25, 0.3) is 0 Å². The molecule has 0 rings (SSSR count). The van der Waals surface area contributed by atoms with Gasteiger partial charge in [-0.05, 0) is 6.42 Å². The molecule has 0 aromatic carbocycles. The van der Waals surface area contributed by atoms with Crippen LogP contribution in [-0.4, -0.2) is 4.84 Å². The average Bonchev–Trinajstić information content (AvgIpc) is 1.61. The molecule has 0 fully saturated rings. The summed E-state index contributed by atoms with van der Waals surface area (Å²) in [6, 6.07) is 1.93. The zero-order chi connectivity index (χ0) is 5.70. The van der Waals surface area contributed by atoms with Crippen LogP contribution in [0.1, 0.15) is 12.8 Å². The highest BCUT2D eigenvalue weighted by molar-refractivity contribution is 6.44. The molecular formula is C4H5Cl2N. The van der Waals surface area contributed by atoms with Crippen molar-refractivity contribution in [2.45, 2.75) is 17.7 Å². The number of alkyl halides is 2. The highest BCUT2D eigenvalue weighted by Gasteiger charge is 1.94. The van der Waals surface area contributed by atoms with Crippen LogP contribution in [0.3, 0.4) is 0 Å². The van der Waals surface area contributed by atoms with E-state index in [-0.39, 0.29) is 4.84 Å². The first-order chi connectivity index (χ1) is 3.27. The molecule has 0 aliphatic carbocycles. The summed E-state index contributed by atoms with van der Waals surface area (Å²) >= 11 is 10.5. The van der Waals surface area contributed by atoms with E-state index in [0.717, 1.165) is 0 Å². The van der Waals surface area contributed by atoms with E-state index in [1.165, 1.54) is 0 Å². The van der Waals surface area contributed by atoms with E-state index < -0.39 is 0 Å². The van der Waals surface area contributed by atoms with Gasteiger partial charge >= 0.3 is 0 Å². The van der Waals surface area contributed by atoms with Crippen LogP contribution < -0.4 is 0 Å². The van der Waals surface area contributed by atoms with Crippen molar-refractivity contribution in [2.75, 3.05) is 0 Å². The Balaban J connectivity index is 2.86. The van der Waals surface area contributed by atoms with Gasteiger partial charge in [0, 0.05) is 6.42 Å². The lowest BCUT2D eigenvalue weighted by Gasteiger charge is -1.89. The SMILES string of the molecule is N#CCCC(Cl)Cl. The molecule has 0 bridgehead atoms. The number of rotatable bonds is 2. The van der Waals surface area contributed by atoms with E-state index in [1.54, 1.807) is 0 Å². The summed E-state index contributed by atoms with van der Waals surface area (Å²) in [7, 11) is 0. The first-order valence-corrected chi connectivity index (χ1v) is 2.79. The third kappa shape index (κ3) is 6.07. The van der Waals surface area contributed by atoms with E-state index in [9.17, 15) is 0 Å². The van der Waals surface area contributed by atoms with Crippen molar-refractivity contribution in [3.05, 3.63) is 0 Å². The maximum absolute atomic E-state index is 7.95. The minimum absolute atomic E-state index is 0.375. The van der Waals surface area contributed by atoms with Gasteiger partial charge in [-0.15, -0.1) is 23.2 Å². The maximum Gasteiger partial charge on any atom is 0.108 e. The van der Waals surface area contributed by atoms with E-state index in [4.69, 9.17) is 28.5 Å². The summed E-state index contributed by atoms with van der Waals surface area (Å²) in [5.41, 5.74) is 0. The third-order valence-electron chi connectivity index (χ3n) is 0.474. The van der Waals surface area contributed by atoms with Crippen molar-refractivity contribution in [2.24, 2.45) is 0 Å². The number of hydrogen-bond donors (Lipinski definition) is 0. The van der Waals surface area contributed by atoms with Gasteiger partial charge in [-0.25, -0.2) is 0 Å². The summed E-state index contributed by atoms with van der Waals surface area (Å²) in [5.74, 6) is 0. The monoisotopic (exact) mass is 137 g/mol. The van der Waals surface area contributed by atoms with Crippen molar-refractivity contribution < 1.29 is 0 Å². The van der Waals surface area contributed by atoms with Gasteiger partial charge < -0.3 is 0 Å². The van der Waals surface area contributed by atoms with Gasteiger partial charge in [-0.3, -0.25) is 0 Å². The minimum atomic E-state index is -0.375. The van der Waals surface area contributed by atoms with E-state index in [0.29, 0.717) is 12.8 Å². The Morgan fingerprint density at radius 1 is 1.57 bits per heavy atom. The first kappa shape index (κ1) is 7.07. The van der Waals surface area contributed by atoms with E-state index >= 15 is 0 Å². The van der Waals surface area contributed by atoms with Crippen LogP contribution >= 0.6 is 23.2 Å². The van der Waals surface area contributed by atoms with Crippen LogP contribution in [0, 0.1) is 11.3 Å². The molecule has 0 amide bonds. The Kier molecular flexibility index (Phi) is 4.28. The molecule has 0 heterocycles. The summed E-state index contributed by atoms with van der Waals surface area (Å²) in [5, 5.41) is 7.95. The van der Waals surface area contributed by atoms with Crippen LogP contribution in [0.5, 0.6) is 0 Å². The number of halogens is 2. The second-order valence-corrected chi connectivity index (χ2v) is 2.36. The lowest BCUT2D eigenvalue weighted by molar-refractivity contribution is 0.934. The molecular weight excluding hydrogens is 133 g/mol. The molecule has 0 radical (unpaired) electrons. The molecule has 0 unspecified atom stereocenters. The Morgan fingerprint density at radius 2 is 2.14 bits per heavy atom. The highest BCUT2D eigenvalue weighted by atomic mass is 35.5. The molecule has 0 aliphatic heterocycles. The highest BCUT2D eigenvalue weighted by Crippen LogP contribution is 2.07. The third-order valence-corrected chi connectivity index (χ3v) is 0.911. The van der Waals surface area contributed by atoms with E-state index in [1.807, 2.05) is 6.07 Å². The van der Waals surface area contributed by atoms with Gasteiger partial charge in [0.25, 0.3) is 0 Å². The van der Waals surface area contributed by atoms with Crippen LogP contribution in [0.15, 0.2) is 0 Å².